The lowest BCUT2D eigenvalue weighted by Crippen LogP contribution is -2.55. The van der Waals surface area contributed by atoms with Gasteiger partial charge in [0.1, 0.15) is 5.75 Å². The summed E-state index contributed by atoms with van der Waals surface area (Å²) in [7, 11) is 1.65. The molecule has 1 saturated carbocycles. The number of nitrogens with zero attached hydrogens (tertiary/aromatic N) is 1. The van der Waals surface area contributed by atoms with E-state index in [4.69, 9.17) is 25.8 Å². The van der Waals surface area contributed by atoms with E-state index in [1.54, 1.807) is 7.11 Å². The first-order valence-electron chi connectivity index (χ1n) is 10.7. The first kappa shape index (κ1) is 20.8. The van der Waals surface area contributed by atoms with Crippen molar-refractivity contribution in [3.63, 3.8) is 0 Å². The summed E-state index contributed by atoms with van der Waals surface area (Å²) >= 11 is 6.11. The van der Waals surface area contributed by atoms with Crippen LogP contribution < -0.4 is 15.2 Å². The third-order valence-corrected chi connectivity index (χ3v) is 6.83. The Labute approximate surface area is 187 Å². The quantitative estimate of drug-likeness (QED) is 0.742. The van der Waals surface area contributed by atoms with Gasteiger partial charge < -0.3 is 19.3 Å². The fourth-order valence-corrected chi connectivity index (χ4v) is 4.83. The van der Waals surface area contributed by atoms with Crippen molar-refractivity contribution in [2.75, 3.05) is 25.3 Å². The number of hydrazine groups is 1. The Morgan fingerprint density at radius 3 is 2.26 bits per heavy atom. The summed E-state index contributed by atoms with van der Waals surface area (Å²) in [5.74, 6) is 0.285. The molecule has 2 aromatic carbocycles. The Morgan fingerprint density at radius 1 is 1.00 bits per heavy atom. The van der Waals surface area contributed by atoms with Crippen LogP contribution in [0.2, 0.25) is 5.02 Å². The van der Waals surface area contributed by atoms with Gasteiger partial charge in [0.15, 0.2) is 5.79 Å². The number of hydrogen-bond donors (Lipinski definition) is 2. The minimum absolute atomic E-state index is 0.237. The lowest BCUT2D eigenvalue weighted by molar-refractivity contribution is -0.204. The number of halogens is 1. The van der Waals surface area contributed by atoms with E-state index in [0.717, 1.165) is 22.7 Å². The van der Waals surface area contributed by atoms with Crippen molar-refractivity contribution in [3.05, 3.63) is 65.2 Å². The summed E-state index contributed by atoms with van der Waals surface area (Å²) in [6, 6.07) is 15.4. The van der Waals surface area contributed by atoms with Gasteiger partial charge in [0.25, 0.3) is 0 Å². The molecular formula is C24H27ClN2O4. The van der Waals surface area contributed by atoms with Crippen LogP contribution in [0.1, 0.15) is 31.2 Å². The maximum atomic E-state index is 11.6. The zero-order valence-corrected chi connectivity index (χ0v) is 18.3. The molecule has 0 radical (unpaired) electrons. The highest BCUT2D eigenvalue weighted by molar-refractivity contribution is 6.30. The minimum Gasteiger partial charge on any atom is -0.497 e. The van der Waals surface area contributed by atoms with Crippen LogP contribution in [0.5, 0.6) is 5.75 Å². The van der Waals surface area contributed by atoms with E-state index in [1.807, 2.05) is 53.5 Å². The molecule has 6 nitrogen and oxygen atoms in total. The molecule has 1 unspecified atom stereocenters. The van der Waals surface area contributed by atoms with E-state index in [0.29, 0.717) is 43.9 Å². The van der Waals surface area contributed by atoms with E-state index >= 15 is 0 Å². The normalized spacial score (nSPS) is 24.4. The number of benzene rings is 2. The summed E-state index contributed by atoms with van der Waals surface area (Å²) in [5.41, 5.74) is 5.61. The van der Waals surface area contributed by atoms with Crippen LogP contribution in [-0.4, -0.2) is 42.9 Å². The van der Waals surface area contributed by atoms with Gasteiger partial charge in [0.05, 0.1) is 43.4 Å². The predicted molar refractivity (Wildman–Crippen MR) is 120 cm³/mol. The van der Waals surface area contributed by atoms with Crippen molar-refractivity contribution < 1.29 is 19.3 Å². The summed E-state index contributed by atoms with van der Waals surface area (Å²) in [6.45, 7) is 1.26. The number of hydrogen-bond acceptors (Lipinski definition) is 6. The van der Waals surface area contributed by atoms with Crippen LogP contribution >= 0.6 is 11.6 Å². The molecule has 2 N–H and O–H groups in total. The Hall–Kier alpha value is -2.09. The SMILES string of the molecule is COc1ccc(N2NC(C3(O)CCC4(CC3)OCCO4)C=C2c2ccc(Cl)cc2)cc1. The van der Waals surface area contributed by atoms with Gasteiger partial charge in [-0.3, -0.25) is 5.01 Å². The zero-order valence-electron chi connectivity index (χ0n) is 17.5. The number of nitrogens with one attached hydrogen (secondary N) is 1. The van der Waals surface area contributed by atoms with Crippen molar-refractivity contribution in [2.45, 2.75) is 43.1 Å². The monoisotopic (exact) mass is 442 g/mol. The van der Waals surface area contributed by atoms with Crippen LogP contribution in [0.15, 0.2) is 54.6 Å². The average molecular weight is 443 g/mol. The van der Waals surface area contributed by atoms with Crippen LogP contribution in [0.4, 0.5) is 5.69 Å². The highest BCUT2D eigenvalue weighted by Gasteiger charge is 2.50. The molecule has 31 heavy (non-hydrogen) atoms. The van der Waals surface area contributed by atoms with Crippen LogP contribution in [0.25, 0.3) is 5.70 Å². The largest absolute Gasteiger partial charge is 0.497 e. The Kier molecular flexibility index (Phi) is 5.44. The molecule has 164 valence electrons. The summed E-state index contributed by atoms with van der Waals surface area (Å²) in [5, 5.41) is 14.3. The second kappa shape index (κ2) is 8.11. The van der Waals surface area contributed by atoms with E-state index in [9.17, 15) is 5.11 Å². The number of ether oxygens (including phenoxy) is 3. The third kappa shape index (κ3) is 3.95. The van der Waals surface area contributed by atoms with Crippen LogP contribution in [-0.2, 0) is 9.47 Å². The number of aliphatic hydroxyl groups is 1. The van der Waals surface area contributed by atoms with Gasteiger partial charge in [-0.2, -0.15) is 0 Å². The van der Waals surface area contributed by atoms with Gasteiger partial charge in [-0.1, -0.05) is 23.7 Å². The van der Waals surface area contributed by atoms with Gasteiger partial charge >= 0.3 is 0 Å². The molecule has 2 aromatic rings. The molecule has 0 bridgehead atoms. The van der Waals surface area contributed by atoms with Gasteiger partial charge in [-0.25, -0.2) is 5.43 Å². The van der Waals surface area contributed by atoms with E-state index in [1.165, 1.54) is 0 Å². The molecule has 1 spiro atoms. The second-order valence-electron chi connectivity index (χ2n) is 8.41. The molecule has 1 aliphatic carbocycles. The second-order valence-corrected chi connectivity index (χ2v) is 8.85. The van der Waals surface area contributed by atoms with E-state index in [2.05, 4.69) is 11.5 Å². The lowest BCUT2D eigenvalue weighted by atomic mass is 9.77. The molecule has 2 heterocycles. The van der Waals surface area contributed by atoms with Crippen molar-refractivity contribution >= 4 is 23.0 Å². The molecule has 7 heteroatoms. The van der Waals surface area contributed by atoms with Crippen molar-refractivity contribution in [3.8, 4) is 5.75 Å². The van der Waals surface area contributed by atoms with Gasteiger partial charge in [0, 0.05) is 17.9 Å². The van der Waals surface area contributed by atoms with E-state index in [-0.39, 0.29) is 6.04 Å². The molecule has 0 aromatic heterocycles. The fraction of sp³-hybridized carbons (Fsp3) is 0.417. The standard InChI is InChI=1S/C24H27ClN2O4/c1-29-20-8-6-19(7-9-20)27-21(17-2-4-18(25)5-3-17)16-22(26-27)23(28)10-12-24(13-11-23)30-14-15-31-24/h2-9,16,22,26,28H,10-15H2,1H3. The molecular weight excluding hydrogens is 416 g/mol. The van der Waals surface area contributed by atoms with E-state index < -0.39 is 11.4 Å². The topological polar surface area (TPSA) is 63.2 Å². The predicted octanol–water partition coefficient (Wildman–Crippen LogP) is 4.13. The van der Waals surface area contributed by atoms with Gasteiger partial charge in [-0.15, -0.1) is 0 Å². The Morgan fingerprint density at radius 2 is 1.65 bits per heavy atom. The molecule has 5 rings (SSSR count). The molecule has 0 amide bonds. The maximum absolute atomic E-state index is 11.6. The number of methoxy groups -OCH3 is 1. The summed E-state index contributed by atoms with van der Waals surface area (Å²) in [4.78, 5) is 0. The van der Waals surface area contributed by atoms with Crippen molar-refractivity contribution in [1.29, 1.82) is 0 Å². The highest BCUT2D eigenvalue weighted by atomic mass is 35.5. The summed E-state index contributed by atoms with van der Waals surface area (Å²) < 4.78 is 17.0. The molecule has 2 fully saturated rings. The van der Waals surface area contributed by atoms with Gasteiger partial charge in [0.2, 0.25) is 0 Å². The smallest absolute Gasteiger partial charge is 0.168 e. The fourth-order valence-electron chi connectivity index (χ4n) is 4.70. The number of anilines is 1. The van der Waals surface area contributed by atoms with Gasteiger partial charge in [-0.05, 0) is 60.9 Å². The highest BCUT2D eigenvalue weighted by Crippen LogP contribution is 2.44. The Balaban J connectivity index is 1.44. The van der Waals surface area contributed by atoms with Crippen LogP contribution in [0, 0.1) is 0 Å². The number of rotatable bonds is 4. The molecule has 1 atom stereocenters. The zero-order chi connectivity index (χ0) is 21.5. The minimum atomic E-state index is -0.889. The maximum Gasteiger partial charge on any atom is 0.168 e. The van der Waals surface area contributed by atoms with Crippen LogP contribution in [0.3, 0.4) is 0 Å². The molecule has 3 aliphatic rings. The first-order chi connectivity index (χ1) is 15.0. The summed E-state index contributed by atoms with van der Waals surface area (Å²) in [6.07, 6.45) is 4.70. The third-order valence-electron chi connectivity index (χ3n) is 6.57. The van der Waals surface area contributed by atoms with Crippen molar-refractivity contribution in [2.24, 2.45) is 0 Å². The average Bonchev–Trinajstić information content (AvgIpc) is 3.45. The molecule has 1 saturated heterocycles. The first-order valence-corrected chi connectivity index (χ1v) is 11.1. The molecule has 2 aliphatic heterocycles. The van der Waals surface area contributed by atoms with Crippen molar-refractivity contribution in [1.82, 2.24) is 5.43 Å². The lowest BCUT2D eigenvalue weighted by Gasteiger charge is -2.43. The Bertz CT molecular complexity index is 945.